The van der Waals surface area contributed by atoms with Gasteiger partial charge in [-0.2, -0.15) is 8.42 Å². The largest absolute Gasteiger partial charge is 0.300 e. The van der Waals surface area contributed by atoms with E-state index in [1.807, 2.05) is 0 Å². The van der Waals surface area contributed by atoms with Crippen LogP contribution in [0.2, 0.25) is 0 Å². The average molecular weight is 463 g/mol. The van der Waals surface area contributed by atoms with E-state index in [2.05, 4.69) is 6.92 Å². The number of hydrogen-bond donors (Lipinski definition) is 1. The van der Waals surface area contributed by atoms with E-state index in [4.69, 9.17) is 4.55 Å². The predicted molar refractivity (Wildman–Crippen MR) is 100.0 cm³/mol. The standard InChI is InChI=1S/C18H26F4O5S2/c1-2-3-4-5-6-7-8-9-10-11-12-28(23,24)17-13(19)15(21)18(29(25,26)27)16(22)14(17)20/h2-12H2,1H3,(H,25,26,27). The zero-order valence-electron chi connectivity index (χ0n) is 16.2. The van der Waals surface area contributed by atoms with E-state index >= 15 is 0 Å². The number of hydrogen-bond acceptors (Lipinski definition) is 4. The molecule has 5 nitrogen and oxygen atoms in total. The zero-order valence-corrected chi connectivity index (χ0v) is 17.8. The molecule has 0 aliphatic heterocycles. The van der Waals surface area contributed by atoms with Gasteiger partial charge in [0.15, 0.2) is 38.0 Å². The van der Waals surface area contributed by atoms with Crippen molar-refractivity contribution < 1.29 is 39.0 Å². The third kappa shape index (κ3) is 7.21. The van der Waals surface area contributed by atoms with Crippen LogP contribution in [0.15, 0.2) is 9.79 Å². The predicted octanol–water partition coefficient (Wildman–Crippen LogP) is 5.18. The highest BCUT2D eigenvalue weighted by atomic mass is 32.2. The number of rotatable bonds is 13. The Balaban J connectivity index is 2.72. The van der Waals surface area contributed by atoms with Gasteiger partial charge in [-0.15, -0.1) is 0 Å². The molecule has 11 heteroatoms. The molecule has 0 radical (unpaired) electrons. The van der Waals surface area contributed by atoms with Gasteiger partial charge in [-0.05, 0) is 6.42 Å². The number of benzene rings is 1. The first kappa shape index (κ1) is 25.8. The summed E-state index contributed by atoms with van der Waals surface area (Å²) in [6.07, 6.45) is 8.79. The summed E-state index contributed by atoms with van der Waals surface area (Å²) in [6, 6.07) is 0. The second-order valence-corrected chi connectivity index (χ2v) is 10.3. The summed E-state index contributed by atoms with van der Waals surface area (Å²) in [7, 11) is -10.4. The average Bonchev–Trinajstić information content (AvgIpc) is 2.60. The van der Waals surface area contributed by atoms with Crippen molar-refractivity contribution in [2.45, 2.75) is 80.9 Å². The Morgan fingerprint density at radius 3 is 1.34 bits per heavy atom. The fourth-order valence-electron chi connectivity index (χ4n) is 2.97. The van der Waals surface area contributed by atoms with Crippen molar-refractivity contribution in [3.8, 4) is 0 Å². The molecule has 0 saturated carbocycles. The highest BCUT2D eigenvalue weighted by molar-refractivity contribution is 7.91. The summed E-state index contributed by atoms with van der Waals surface area (Å²) in [5, 5.41) is 0. The summed E-state index contributed by atoms with van der Waals surface area (Å²) in [5.74, 6) is -10.4. The minimum atomic E-state index is -5.63. The normalized spacial score (nSPS) is 12.5. The molecule has 1 rings (SSSR count). The first-order valence-electron chi connectivity index (χ1n) is 9.51. The summed E-state index contributed by atoms with van der Waals surface area (Å²) in [6.45, 7) is 2.12. The van der Waals surface area contributed by atoms with Crippen LogP contribution in [0.1, 0.15) is 71.1 Å². The quantitative estimate of drug-likeness (QED) is 0.189. The van der Waals surface area contributed by atoms with Crippen LogP contribution < -0.4 is 0 Å². The molecule has 0 spiro atoms. The lowest BCUT2D eigenvalue weighted by molar-refractivity contribution is 0.380. The van der Waals surface area contributed by atoms with Crippen LogP contribution in [0.25, 0.3) is 0 Å². The highest BCUT2D eigenvalue weighted by Crippen LogP contribution is 2.31. The molecular formula is C18H26F4O5S2. The number of unbranched alkanes of at least 4 members (excludes halogenated alkanes) is 9. The Hall–Kier alpha value is -1.20. The van der Waals surface area contributed by atoms with Crippen LogP contribution >= 0.6 is 0 Å². The molecule has 0 aliphatic rings. The summed E-state index contributed by atoms with van der Waals surface area (Å²) >= 11 is 0. The van der Waals surface area contributed by atoms with E-state index in [1.165, 1.54) is 12.8 Å². The van der Waals surface area contributed by atoms with Crippen LogP contribution in [0.3, 0.4) is 0 Å². The van der Waals surface area contributed by atoms with Gasteiger partial charge in [0.05, 0.1) is 5.75 Å². The first-order valence-corrected chi connectivity index (χ1v) is 12.6. The fraction of sp³-hybridized carbons (Fsp3) is 0.667. The van der Waals surface area contributed by atoms with Crippen molar-refractivity contribution in [1.82, 2.24) is 0 Å². The maximum Gasteiger partial charge on any atom is 0.300 e. The van der Waals surface area contributed by atoms with Crippen LogP contribution in [0.5, 0.6) is 0 Å². The van der Waals surface area contributed by atoms with Crippen LogP contribution in [-0.4, -0.2) is 27.1 Å². The first-order chi connectivity index (χ1) is 13.4. The monoisotopic (exact) mass is 462 g/mol. The van der Waals surface area contributed by atoms with Gasteiger partial charge in [-0.25, -0.2) is 26.0 Å². The Kier molecular flexibility index (Phi) is 10.0. The second-order valence-electron chi connectivity index (χ2n) is 6.89. The number of halogens is 4. The third-order valence-corrected chi connectivity index (χ3v) is 7.20. The van der Waals surface area contributed by atoms with E-state index in [1.54, 1.807) is 0 Å². The Morgan fingerprint density at radius 2 is 0.966 bits per heavy atom. The molecule has 0 fully saturated rings. The second kappa shape index (κ2) is 11.3. The number of sulfone groups is 1. The maximum absolute atomic E-state index is 14.0. The van der Waals surface area contributed by atoms with Gasteiger partial charge in [-0.3, -0.25) is 4.55 Å². The molecule has 168 valence electrons. The van der Waals surface area contributed by atoms with Gasteiger partial charge >= 0.3 is 10.1 Å². The van der Waals surface area contributed by atoms with Gasteiger partial charge in [0.1, 0.15) is 4.90 Å². The van der Waals surface area contributed by atoms with Gasteiger partial charge in [0.2, 0.25) is 0 Å². The van der Waals surface area contributed by atoms with E-state index in [0.717, 1.165) is 32.1 Å². The maximum atomic E-state index is 14.0. The molecule has 0 amide bonds. The van der Waals surface area contributed by atoms with E-state index in [0.29, 0.717) is 12.8 Å². The lowest BCUT2D eigenvalue weighted by Crippen LogP contribution is -2.18. The lowest BCUT2D eigenvalue weighted by Gasteiger charge is -2.11. The van der Waals surface area contributed by atoms with Crippen LogP contribution in [-0.2, 0) is 20.0 Å². The zero-order chi connectivity index (χ0) is 22.2. The topological polar surface area (TPSA) is 88.5 Å². The Bertz CT molecular complexity index is 870. The molecule has 29 heavy (non-hydrogen) atoms. The molecule has 0 heterocycles. The van der Waals surface area contributed by atoms with Crippen LogP contribution in [0.4, 0.5) is 17.6 Å². The van der Waals surface area contributed by atoms with Crippen molar-refractivity contribution in [2.24, 2.45) is 0 Å². The molecule has 0 saturated heterocycles. The van der Waals surface area contributed by atoms with Crippen LogP contribution in [0, 0.1) is 23.3 Å². The Morgan fingerprint density at radius 1 is 0.621 bits per heavy atom. The van der Waals surface area contributed by atoms with E-state index < -0.39 is 58.8 Å². The minimum Gasteiger partial charge on any atom is -0.282 e. The highest BCUT2D eigenvalue weighted by Gasteiger charge is 2.36. The summed E-state index contributed by atoms with van der Waals surface area (Å²) in [5.41, 5.74) is 0. The third-order valence-electron chi connectivity index (χ3n) is 4.52. The molecule has 1 N–H and O–H groups in total. The van der Waals surface area contributed by atoms with Gasteiger partial charge < -0.3 is 0 Å². The molecule has 0 aromatic heterocycles. The molecule has 0 atom stereocenters. The SMILES string of the molecule is CCCCCCCCCCCCS(=O)(=O)c1c(F)c(F)c(S(=O)(=O)O)c(F)c1F. The smallest absolute Gasteiger partial charge is 0.282 e. The van der Waals surface area contributed by atoms with Gasteiger partial charge in [-0.1, -0.05) is 64.7 Å². The molecule has 1 aromatic carbocycles. The lowest BCUT2D eigenvalue weighted by atomic mass is 10.1. The molecular weight excluding hydrogens is 436 g/mol. The van der Waals surface area contributed by atoms with Gasteiger partial charge in [0, 0.05) is 0 Å². The van der Waals surface area contributed by atoms with Gasteiger partial charge in [0.25, 0.3) is 0 Å². The van der Waals surface area contributed by atoms with E-state index in [9.17, 15) is 34.4 Å². The fourth-order valence-corrected chi connectivity index (χ4v) is 5.12. The molecule has 1 aromatic rings. The summed E-state index contributed by atoms with van der Waals surface area (Å²) in [4.78, 5) is -4.12. The summed E-state index contributed by atoms with van der Waals surface area (Å²) < 4.78 is 110. The van der Waals surface area contributed by atoms with Crippen molar-refractivity contribution >= 4 is 20.0 Å². The molecule has 0 bridgehead atoms. The van der Waals surface area contributed by atoms with Crippen molar-refractivity contribution in [3.05, 3.63) is 23.3 Å². The van der Waals surface area contributed by atoms with Crippen molar-refractivity contribution in [2.75, 3.05) is 5.75 Å². The van der Waals surface area contributed by atoms with E-state index in [-0.39, 0.29) is 6.42 Å². The molecule has 0 aliphatic carbocycles. The minimum absolute atomic E-state index is 0.0281. The van der Waals surface area contributed by atoms with Crippen molar-refractivity contribution in [3.63, 3.8) is 0 Å². The van der Waals surface area contributed by atoms with Crippen molar-refractivity contribution in [1.29, 1.82) is 0 Å². The molecule has 0 unspecified atom stereocenters. The Labute approximate surface area is 169 Å².